The molecule has 2 aromatic rings. The molecule has 17 heavy (non-hydrogen) atoms. The largest absolute Gasteiger partial charge is 0.384 e. The van der Waals surface area contributed by atoms with Crippen molar-refractivity contribution in [2.45, 2.75) is 13.0 Å². The van der Waals surface area contributed by atoms with Crippen LogP contribution in [-0.4, -0.2) is 10.1 Å². The molecule has 0 aliphatic carbocycles. The van der Waals surface area contributed by atoms with E-state index in [0.29, 0.717) is 11.1 Å². The van der Waals surface area contributed by atoms with Gasteiger partial charge in [-0.05, 0) is 24.6 Å². The summed E-state index contributed by atoms with van der Waals surface area (Å²) in [6.45, 7) is 1.88. The lowest BCUT2D eigenvalue weighted by molar-refractivity contribution is 0.220. The summed E-state index contributed by atoms with van der Waals surface area (Å²) in [5.41, 5.74) is 2.05. The summed E-state index contributed by atoms with van der Waals surface area (Å²) < 4.78 is 12.9. The first-order chi connectivity index (χ1) is 8.08. The zero-order chi connectivity index (χ0) is 12.4. The number of nitrogens with zero attached hydrogens (tertiary/aromatic N) is 1. The van der Waals surface area contributed by atoms with E-state index in [-0.39, 0.29) is 5.02 Å². The van der Waals surface area contributed by atoms with Gasteiger partial charge < -0.3 is 5.11 Å². The van der Waals surface area contributed by atoms with E-state index < -0.39 is 11.9 Å². The van der Waals surface area contributed by atoms with E-state index in [0.717, 1.165) is 5.56 Å². The summed E-state index contributed by atoms with van der Waals surface area (Å²) in [5.74, 6) is -0.423. The molecule has 1 aromatic carbocycles. The molecule has 1 N–H and O–H groups in total. The Hall–Kier alpha value is -1.45. The van der Waals surface area contributed by atoms with E-state index in [4.69, 9.17) is 11.6 Å². The minimum Gasteiger partial charge on any atom is -0.384 e. The first kappa shape index (κ1) is 12.0. The van der Waals surface area contributed by atoms with Gasteiger partial charge in [0.05, 0.1) is 0 Å². The Bertz CT molecular complexity index is 545. The molecule has 1 unspecified atom stereocenters. The summed E-state index contributed by atoms with van der Waals surface area (Å²) in [7, 11) is 0. The fraction of sp³-hybridized carbons (Fsp3) is 0.154. The minimum absolute atomic E-state index is 0.207. The lowest BCUT2D eigenvalue weighted by Crippen LogP contribution is -2.01. The predicted molar refractivity (Wildman–Crippen MR) is 64.4 cm³/mol. The fourth-order valence-electron chi connectivity index (χ4n) is 1.63. The van der Waals surface area contributed by atoms with Crippen LogP contribution in [0, 0.1) is 12.7 Å². The molecule has 2 nitrogen and oxygen atoms in total. The molecular formula is C13H11ClFNO. The van der Waals surface area contributed by atoms with Crippen LogP contribution in [0.4, 0.5) is 4.39 Å². The van der Waals surface area contributed by atoms with Crippen LogP contribution in [0.2, 0.25) is 5.02 Å². The first-order valence-electron chi connectivity index (χ1n) is 5.12. The summed E-state index contributed by atoms with van der Waals surface area (Å²) in [6.07, 6.45) is 2.37. The number of aryl methyl sites for hydroxylation is 1. The molecule has 0 saturated carbocycles. The summed E-state index contributed by atoms with van der Waals surface area (Å²) in [6, 6.07) is 5.75. The Labute approximate surface area is 104 Å². The molecule has 1 heterocycles. The SMILES string of the molecule is Cc1cncc(C(O)c2ccc(F)cc2Cl)c1. The highest BCUT2D eigenvalue weighted by Crippen LogP contribution is 2.28. The van der Waals surface area contributed by atoms with Crippen LogP contribution < -0.4 is 0 Å². The van der Waals surface area contributed by atoms with Crippen molar-refractivity contribution in [2.75, 3.05) is 0 Å². The second-order valence-corrected chi connectivity index (χ2v) is 4.27. The monoisotopic (exact) mass is 251 g/mol. The average Bonchev–Trinajstić information content (AvgIpc) is 2.28. The van der Waals surface area contributed by atoms with E-state index >= 15 is 0 Å². The van der Waals surface area contributed by atoms with Crippen LogP contribution in [-0.2, 0) is 0 Å². The third-order valence-corrected chi connectivity index (χ3v) is 2.80. The van der Waals surface area contributed by atoms with Gasteiger partial charge in [-0.15, -0.1) is 0 Å². The van der Waals surface area contributed by atoms with Crippen molar-refractivity contribution in [2.24, 2.45) is 0 Å². The summed E-state index contributed by atoms with van der Waals surface area (Å²) in [4.78, 5) is 4.00. The highest BCUT2D eigenvalue weighted by Gasteiger charge is 2.14. The van der Waals surface area contributed by atoms with Gasteiger partial charge >= 0.3 is 0 Å². The van der Waals surface area contributed by atoms with E-state index in [9.17, 15) is 9.50 Å². The molecular weight excluding hydrogens is 241 g/mol. The molecule has 0 spiro atoms. The molecule has 0 aliphatic heterocycles. The van der Waals surface area contributed by atoms with Crippen molar-refractivity contribution < 1.29 is 9.50 Å². The second kappa shape index (κ2) is 4.82. The van der Waals surface area contributed by atoms with Crippen molar-refractivity contribution in [3.8, 4) is 0 Å². The van der Waals surface area contributed by atoms with Gasteiger partial charge in [-0.2, -0.15) is 0 Å². The molecule has 0 fully saturated rings. The third kappa shape index (κ3) is 2.62. The zero-order valence-electron chi connectivity index (χ0n) is 9.19. The van der Waals surface area contributed by atoms with Crippen LogP contribution in [0.15, 0.2) is 36.7 Å². The van der Waals surface area contributed by atoms with Crippen molar-refractivity contribution in [3.63, 3.8) is 0 Å². The topological polar surface area (TPSA) is 33.1 Å². The number of pyridine rings is 1. The highest BCUT2D eigenvalue weighted by molar-refractivity contribution is 6.31. The van der Waals surface area contributed by atoms with Gasteiger partial charge in [-0.25, -0.2) is 4.39 Å². The van der Waals surface area contributed by atoms with E-state index in [1.165, 1.54) is 18.2 Å². The lowest BCUT2D eigenvalue weighted by atomic mass is 10.0. The van der Waals surface area contributed by atoms with Gasteiger partial charge in [-0.3, -0.25) is 4.98 Å². The molecule has 1 atom stereocenters. The predicted octanol–water partition coefficient (Wildman–Crippen LogP) is 3.26. The Morgan fingerprint density at radius 2 is 2.06 bits per heavy atom. The van der Waals surface area contributed by atoms with Gasteiger partial charge in [0.15, 0.2) is 0 Å². The number of hydrogen-bond acceptors (Lipinski definition) is 2. The quantitative estimate of drug-likeness (QED) is 0.889. The molecule has 0 saturated heterocycles. The maximum absolute atomic E-state index is 12.9. The number of benzene rings is 1. The molecule has 4 heteroatoms. The summed E-state index contributed by atoms with van der Waals surface area (Å²) in [5, 5.41) is 10.3. The number of halogens is 2. The Morgan fingerprint density at radius 1 is 1.29 bits per heavy atom. The smallest absolute Gasteiger partial charge is 0.124 e. The highest BCUT2D eigenvalue weighted by atomic mass is 35.5. The minimum atomic E-state index is -0.893. The van der Waals surface area contributed by atoms with Gasteiger partial charge in [0.25, 0.3) is 0 Å². The van der Waals surface area contributed by atoms with Crippen molar-refractivity contribution in [3.05, 3.63) is 64.2 Å². The molecule has 1 aromatic heterocycles. The van der Waals surface area contributed by atoms with Gasteiger partial charge in [0, 0.05) is 28.5 Å². The number of aromatic nitrogens is 1. The molecule has 2 rings (SSSR count). The Kier molecular flexibility index (Phi) is 3.41. The van der Waals surface area contributed by atoms with Crippen molar-refractivity contribution >= 4 is 11.6 Å². The maximum atomic E-state index is 12.9. The Balaban J connectivity index is 2.40. The van der Waals surface area contributed by atoms with Crippen LogP contribution in [0.25, 0.3) is 0 Å². The first-order valence-corrected chi connectivity index (χ1v) is 5.50. The van der Waals surface area contributed by atoms with E-state index in [1.807, 2.05) is 13.0 Å². The average molecular weight is 252 g/mol. The third-order valence-electron chi connectivity index (χ3n) is 2.47. The standard InChI is InChI=1S/C13H11ClFNO/c1-8-4-9(7-16-6-8)13(17)11-3-2-10(15)5-12(11)14/h2-7,13,17H,1H3. The zero-order valence-corrected chi connectivity index (χ0v) is 9.95. The van der Waals surface area contributed by atoms with Crippen molar-refractivity contribution in [1.29, 1.82) is 0 Å². The normalized spacial score (nSPS) is 12.5. The molecule has 0 radical (unpaired) electrons. The number of aliphatic hydroxyl groups is 1. The van der Waals surface area contributed by atoms with E-state index in [1.54, 1.807) is 12.4 Å². The fourth-order valence-corrected chi connectivity index (χ4v) is 1.90. The lowest BCUT2D eigenvalue weighted by Gasteiger charge is -2.13. The molecule has 88 valence electrons. The second-order valence-electron chi connectivity index (χ2n) is 3.86. The van der Waals surface area contributed by atoms with Crippen LogP contribution >= 0.6 is 11.6 Å². The summed E-state index contributed by atoms with van der Waals surface area (Å²) >= 11 is 5.89. The van der Waals surface area contributed by atoms with Gasteiger partial charge in [0.2, 0.25) is 0 Å². The number of aliphatic hydroxyl groups excluding tert-OH is 1. The molecule has 0 bridgehead atoms. The van der Waals surface area contributed by atoms with Gasteiger partial charge in [-0.1, -0.05) is 23.7 Å². The van der Waals surface area contributed by atoms with E-state index in [2.05, 4.69) is 4.98 Å². The molecule has 0 aliphatic rings. The Morgan fingerprint density at radius 3 is 2.71 bits per heavy atom. The molecule has 0 amide bonds. The van der Waals surface area contributed by atoms with Crippen LogP contribution in [0.3, 0.4) is 0 Å². The number of hydrogen-bond donors (Lipinski definition) is 1. The maximum Gasteiger partial charge on any atom is 0.124 e. The number of rotatable bonds is 2. The van der Waals surface area contributed by atoms with Crippen molar-refractivity contribution in [1.82, 2.24) is 4.98 Å². The van der Waals surface area contributed by atoms with Crippen LogP contribution in [0.1, 0.15) is 22.8 Å². The van der Waals surface area contributed by atoms with Crippen LogP contribution in [0.5, 0.6) is 0 Å². The van der Waals surface area contributed by atoms with Gasteiger partial charge in [0.1, 0.15) is 11.9 Å².